The van der Waals surface area contributed by atoms with Crippen molar-refractivity contribution in [3.63, 3.8) is 0 Å². The van der Waals surface area contributed by atoms with Crippen LogP contribution >= 0.6 is 22.7 Å². The highest BCUT2D eigenvalue weighted by atomic mass is 32.1. The first kappa shape index (κ1) is 31.5. The molecular formula is C32H56N2S2. The Labute approximate surface area is 232 Å². The van der Waals surface area contributed by atoms with Crippen LogP contribution in [0.5, 0.6) is 0 Å². The van der Waals surface area contributed by atoms with E-state index in [0.29, 0.717) is 0 Å². The number of hydrogen-bond donors (Lipinski definition) is 0. The second kappa shape index (κ2) is 22.3. The Morgan fingerprint density at radius 2 is 0.694 bits per heavy atom. The van der Waals surface area contributed by atoms with Crippen LogP contribution in [0.25, 0.3) is 10.0 Å². The first-order valence-corrected chi connectivity index (χ1v) is 17.5. The molecule has 0 unspecified atom stereocenters. The Morgan fingerprint density at radius 3 is 1.00 bits per heavy atom. The Morgan fingerprint density at radius 1 is 0.417 bits per heavy atom. The predicted octanol–water partition coefficient (Wildman–Crippen LogP) is 12.0. The number of unbranched alkanes of at least 4 members (excludes halogenated alkanes) is 20. The third-order valence-electron chi connectivity index (χ3n) is 7.36. The number of hydrogen-bond acceptors (Lipinski definition) is 4. The van der Waals surface area contributed by atoms with Gasteiger partial charge in [0.25, 0.3) is 0 Å². The summed E-state index contributed by atoms with van der Waals surface area (Å²) in [5, 5.41) is 6.78. The van der Waals surface area contributed by atoms with E-state index in [2.05, 4.69) is 24.6 Å². The summed E-state index contributed by atoms with van der Waals surface area (Å²) in [6.07, 6.45) is 33.1. The highest BCUT2D eigenvalue weighted by Crippen LogP contribution is 2.28. The van der Waals surface area contributed by atoms with Crippen molar-refractivity contribution in [2.45, 2.75) is 168 Å². The van der Waals surface area contributed by atoms with Crippen molar-refractivity contribution >= 4 is 22.7 Å². The van der Waals surface area contributed by atoms with Gasteiger partial charge in [0.1, 0.15) is 0 Å². The number of aryl methyl sites for hydroxylation is 2. The van der Waals surface area contributed by atoms with Crippen LogP contribution in [0.2, 0.25) is 0 Å². The molecule has 0 aromatic carbocycles. The summed E-state index contributed by atoms with van der Waals surface area (Å²) in [4.78, 5) is 9.81. The van der Waals surface area contributed by atoms with E-state index >= 15 is 0 Å². The molecule has 0 spiro atoms. The summed E-state index contributed by atoms with van der Waals surface area (Å²) >= 11 is 3.56. The van der Waals surface area contributed by atoms with E-state index in [9.17, 15) is 0 Å². The fourth-order valence-corrected chi connectivity index (χ4v) is 6.74. The maximum atomic E-state index is 4.90. The third kappa shape index (κ3) is 15.5. The van der Waals surface area contributed by atoms with Gasteiger partial charge in [-0.25, -0.2) is 9.97 Å². The molecule has 0 amide bonds. The summed E-state index contributed by atoms with van der Waals surface area (Å²) in [6.45, 7) is 4.59. The molecule has 0 N–H and O–H groups in total. The molecule has 0 aliphatic heterocycles. The summed E-state index contributed by atoms with van der Waals surface area (Å²) in [5.74, 6) is 0. The molecule has 2 aromatic heterocycles. The SMILES string of the molecule is CCCCCCCCCCCCCc1csc(-c2nc(CCCCCCCCCCCCC)cs2)n1. The molecule has 0 saturated carbocycles. The van der Waals surface area contributed by atoms with Gasteiger partial charge in [0.15, 0.2) is 10.0 Å². The van der Waals surface area contributed by atoms with Crippen molar-refractivity contribution in [3.05, 3.63) is 22.1 Å². The van der Waals surface area contributed by atoms with E-state index in [-0.39, 0.29) is 0 Å². The molecule has 0 radical (unpaired) electrons. The molecule has 0 bridgehead atoms. The van der Waals surface area contributed by atoms with Crippen LogP contribution < -0.4 is 0 Å². The fraction of sp³-hybridized carbons (Fsp3) is 0.812. The molecule has 206 valence electrons. The second-order valence-corrected chi connectivity index (χ2v) is 12.6. The summed E-state index contributed by atoms with van der Waals surface area (Å²) < 4.78 is 0. The van der Waals surface area contributed by atoms with Gasteiger partial charge in [0.05, 0.1) is 11.4 Å². The molecule has 2 aromatic rings. The monoisotopic (exact) mass is 532 g/mol. The second-order valence-electron chi connectivity index (χ2n) is 10.9. The van der Waals surface area contributed by atoms with E-state index in [0.717, 1.165) is 22.9 Å². The Bertz CT molecular complexity index is 674. The third-order valence-corrected chi connectivity index (χ3v) is 9.28. The van der Waals surface area contributed by atoms with Crippen LogP contribution in [0.15, 0.2) is 10.8 Å². The summed E-state index contributed by atoms with van der Waals surface area (Å²) in [6, 6.07) is 0. The molecule has 0 saturated heterocycles. The van der Waals surface area contributed by atoms with Crippen molar-refractivity contribution in [2.75, 3.05) is 0 Å². The first-order chi connectivity index (χ1) is 17.8. The van der Waals surface area contributed by atoms with Crippen LogP contribution in [-0.4, -0.2) is 9.97 Å². The summed E-state index contributed by atoms with van der Waals surface area (Å²) in [7, 11) is 0. The lowest BCUT2D eigenvalue weighted by atomic mass is 10.0. The van der Waals surface area contributed by atoms with Crippen molar-refractivity contribution < 1.29 is 0 Å². The smallest absolute Gasteiger partial charge is 0.152 e. The van der Waals surface area contributed by atoms with Crippen LogP contribution in [0.3, 0.4) is 0 Å². The highest BCUT2D eigenvalue weighted by Gasteiger charge is 2.09. The zero-order valence-electron chi connectivity index (χ0n) is 23.8. The lowest BCUT2D eigenvalue weighted by molar-refractivity contribution is 0.549. The minimum Gasteiger partial charge on any atom is -0.239 e. The van der Waals surface area contributed by atoms with Crippen LogP contribution in [0, 0.1) is 0 Å². The van der Waals surface area contributed by atoms with Gasteiger partial charge in [0.2, 0.25) is 0 Å². The Kier molecular flexibility index (Phi) is 19.5. The molecule has 0 atom stereocenters. The quantitative estimate of drug-likeness (QED) is 0.119. The van der Waals surface area contributed by atoms with Gasteiger partial charge in [-0.15, -0.1) is 22.7 Å². The van der Waals surface area contributed by atoms with E-state index in [1.54, 1.807) is 22.7 Å². The maximum Gasteiger partial charge on any atom is 0.152 e. The largest absolute Gasteiger partial charge is 0.239 e. The normalized spacial score (nSPS) is 11.5. The van der Waals surface area contributed by atoms with Crippen LogP contribution in [0.1, 0.15) is 166 Å². The predicted molar refractivity (Wildman–Crippen MR) is 164 cm³/mol. The average Bonchev–Trinajstić information content (AvgIpc) is 3.55. The number of rotatable bonds is 25. The molecular weight excluding hydrogens is 477 g/mol. The Balaban J connectivity index is 1.47. The standard InChI is InChI=1S/C32H56N2S2/c1-3-5-7-9-11-13-15-17-19-21-23-25-29-27-35-31(33-29)32-34-30(28-36-32)26-24-22-20-18-16-14-12-10-8-6-4-2/h27-28H,3-26H2,1-2H3. The maximum absolute atomic E-state index is 4.90. The minimum atomic E-state index is 1.13. The van der Waals surface area contributed by atoms with Gasteiger partial charge in [0, 0.05) is 10.8 Å². The van der Waals surface area contributed by atoms with Crippen LogP contribution in [-0.2, 0) is 12.8 Å². The first-order valence-electron chi connectivity index (χ1n) is 15.7. The Hall–Kier alpha value is -0.740. The van der Waals surface area contributed by atoms with Crippen molar-refractivity contribution in [1.82, 2.24) is 9.97 Å². The van der Waals surface area contributed by atoms with Gasteiger partial charge in [-0.1, -0.05) is 142 Å². The van der Waals surface area contributed by atoms with Crippen molar-refractivity contribution in [1.29, 1.82) is 0 Å². The van der Waals surface area contributed by atoms with Gasteiger partial charge in [-0.05, 0) is 25.7 Å². The number of nitrogens with zero attached hydrogens (tertiary/aromatic N) is 2. The van der Waals surface area contributed by atoms with Gasteiger partial charge in [-0.3, -0.25) is 0 Å². The molecule has 36 heavy (non-hydrogen) atoms. The van der Waals surface area contributed by atoms with E-state index < -0.39 is 0 Å². The molecule has 4 heteroatoms. The summed E-state index contributed by atoms with van der Waals surface area (Å²) in [5.41, 5.74) is 2.54. The van der Waals surface area contributed by atoms with E-state index in [1.165, 1.54) is 153 Å². The van der Waals surface area contributed by atoms with Crippen molar-refractivity contribution in [2.24, 2.45) is 0 Å². The zero-order chi connectivity index (χ0) is 25.5. The van der Waals surface area contributed by atoms with E-state index in [1.807, 2.05) is 0 Å². The molecule has 2 rings (SSSR count). The number of thiazole rings is 2. The molecule has 0 fully saturated rings. The average molecular weight is 533 g/mol. The van der Waals surface area contributed by atoms with E-state index in [4.69, 9.17) is 9.97 Å². The molecule has 0 aliphatic rings. The van der Waals surface area contributed by atoms with Gasteiger partial charge < -0.3 is 0 Å². The van der Waals surface area contributed by atoms with Gasteiger partial charge in [-0.2, -0.15) is 0 Å². The highest BCUT2D eigenvalue weighted by molar-refractivity contribution is 7.19. The van der Waals surface area contributed by atoms with Gasteiger partial charge >= 0.3 is 0 Å². The molecule has 0 aliphatic carbocycles. The molecule has 2 nitrogen and oxygen atoms in total. The molecule has 2 heterocycles. The van der Waals surface area contributed by atoms with Crippen LogP contribution in [0.4, 0.5) is 0 Å². The number of aromatic nitrogens is 2. The zero-order valence-corrected chi connectivity index (χ0v) is 25.5. The fourth-order valence-electron chi connectivity index (χ4n) is 4.98. The van der Waals surface area contributed by atoms with Crippen molar-refractivity contribution in [3.8, 4) is 10.0 Å². The lowest BCUT2D eigenvalue weighted by Crippen LogP contribution is -1.89. The topological polar surface area (TPSA) is 25.8 Å². The minimum absolute atomic E-state index is 1.13. The lowest BCUT2D eigenvalue weighted by Gasteiger charge is -2.02.